The lowest BCUT2D eigenvalue weighted by Gasteiger charge is -2.15. The van der Waals surface area contributed by atoms with Crippen LogP contribution in [0.5, 0.6) is 0 Å². The second-order valence-electron chi connectivity index (χ2n) is 4.83. The highest BCUT2D eigenvalue weighted by atomic mass is 16.1. The van der Waals surface area contributed by atoms with Gasteiger partial charge in [0, 0.05) is 18.9 Å². The number of aryl methyl sites for hydroxylation is 2. The Bertz CT molecular complexity index is 616. The van der Waals surface area contributed by atoms with E-state index in [0.717, 1.165) is 12.0 Å². The number of anilines is 1. The molecule has 0 aliphatic heterocycles. The summed E-state index contributed by atoms with van der Waals surface area (Å²) in [5.41, 5.74) is 2.38. The minimum Gasteiger partial charge on any atom is -0.359 e. The summed E-state index contributed by atoms with van der Waals surface area (Å²) in [6.45, 7) is 6.76. The van der Waals surface area contributed by atoms with E-state index in [1.807, 2.05) is 13.8 Å². The summed E-state index contributed by atoms with van der Waals surface area (Å²) >= 11 is 0. The average molecular weight is 271 g/mol. The Morgan fingerprint density at radius 1 is 1.25 bits per heavy atom. The zero-order valence-electron chi connectivity index (χ0n) is 12.3. The quantitative estimate of drug-likeness (QED) is 0.909. The highest BCUT2D eigenvalue weighted by molar-refractivity contribution is 5.36. The van der Waals surface area contributed by atoms with Crippen molar-refractivity contribution in [2.45, 2.75) is 39.8 Å². The van der Waals surface area contributed by atoms with Crippen molar-refractivity contribution < 1.29 is 0 Å². The van der Waals surface area contributed by atoms with Gasteiger partial charge in [0.15, 0.2) is 5.82 Å². The van der Waals surface area contributed by atoms with Crippen LogP contribution in [0.2, 0.25) is 0 Å². The number of aromatic nitrogens is 2. The summed E-state index contributed by atoms with van der Waals surface area (Å²) < 4.78 is 1.64. The van der Waals surface area contributed by atoms with Crippen LogP contribution in [0.4, 0.5) is 5.82 Å². The van der Waals surface area contributed by atoms with Crippen LogP contribution in [0.3, 0.4) is 0 Å². The molecule has 0 saturated carbocycles. The van der Waals surface area contributed by atoms with E-state index in [1.165, 1.54) is 5.56 Å². The van der Waals surface area contributed by atoms with E-state index in [4.69, 9.17) is 0 Å². The molecule has 0 spiro atoms. The molecule has 0 bridgehead atoms. The number of benzene rings is 1. The van der Waals surface area contributed by atoms with E-state index in [-0.39, 0.29) is 11.6 Å². The molecule has 0 aliphatic carbocycles. The van der Waals surface area contributed by atoms with E-state index < -0.39 is 0 Å². The first kappa shape index (κ1) is 14.3. The summed E-state index contributed by atoms with van der Waals surface area (Å²) in [5, 5.41) is 3.19. The predicted octanol–water partition coefficient (Wildman–Crippen LogP) is 3.00. The predicted molar refractivity (Wildman–Crippen MR) is 82.0 cm³/mol. The fraction of sp³-hybridized carbons (Fsp3) is 0.375. The summed E-state index contributed by atoms with van der Waals surface area (Å²) in [7, 11) is 0. The third kappa shape index (κ3) is 3.07. The van der Waals surface area contributed by atoms with Crippen LogP contribution in [0.15, 0.2) is 41.5 Å². The van der Waals surface area contributed by atoms with Crippen molar-refractivity contribution in [3.8, 4) is 0 Å². The van der Waals surface area contributed by atoms with Gasteiger partial charge in [-0.2, -0.15) is 0 Å². The molecule has 1 N–H and O–H groups in total. The maximum absolute atomic E-state index is 12.1. The molecular formula is C16H21N3O. The molecule has 1 aromatic heterocycles. The summed E-state index contributed by atoms with van der Waals surface area (Å²) in [6.07, 6.45) is 4.39. The third-order valence-corrected chi connectivity index (χ3v) is 3.50. The minimum atomic E-state index is -0.0768. The summed E-state index contributed by atoms with van der Waals surface area (Å²) in [4.78, 5) is 16.2. The van der Waals surface area contributed by atoms with Crippen LogP contribution in [0, 0.1) is 0 Å². The van der Waals surface area contributed by atoms with Crippen molar-refractivity contribution in [3.05, 3.63) is 58.1 Å². The van der Waals surface area contributed by atoms with Gasteiger partial charge in [-0.05, 0) is 31.4 Å². The number of hydrogen-bond acceptors (Lipinski definition) is 3. The van der Waals surface area contributed by atoms with Crippen molar-refractivity contribution >= 4 is 5.82 Å². The van der Waals surface area contributed by atoms with Crippen LogP contribution in [0.25, 0.3) is 0 Å². The Kier molecular flexibility index (Phi) is 4.56. The van der Waals surface area contributed by atoms with Gasteiger partial charge in [0.05, 0.1) is 6.04 Å². The fourth-order valence-corrected chi connectivity index (χ4v) is 2.13. The van der Waals surface area contributed by atoms with Crippen LogP contribution in [-0.2, 0) is 13.0 Å². The molecule has 1 unspecified atom stereocenters. The highest BCUT2D eigenvalue weighted by Gasteiger charge is 2.09. The van der Waals surface area contributed by atoms with E-state index in [9.17, 15) is 4.79 Å². The molecule has 1 aromatic carbocycles. The van der Waals surface area contributed by atoms with Crippen molar-refractivity contribution in [3.63, 3.8) is 0 Å². The van der Waals surface area contributed by atoms with Gasteiger partial charge >= 0.3 is 0 Å². The molecule has 0 saturated heterocycles. The molecule has 1 atom stereocenters. The summed E-state index contributed by atoms with van der Waals surface area (Å²) in [6, 6.07) is 8.48. The lowest BCUT2D eigenvalue weighted by atomic mass is 10.1. The molecule has 0 fully saturated rings. The van der Waals surface area contributed by atoms with Gasteiger partial charge in [0.2, 0.25) is 0 Å². The first-order valence-corrected chi connectivity index (χ1v) is 7.06. The number of nitrogens with one attached hydrogen (secondary N) is 1. The fourth-order valence-electron chi connectivity index (χ4n) is 2.13. The first-order valence-electron chi connectivity index (χ1n) is 7.06. The van der Waals surface area contributed by atoms with Crippen molar-refractivity contribution in [2.75, 3.05) is 5.32 Å². The van der Waals surface area contributed by atoms with Crippen molar-refractivity contribution in [1.82, 2.24) is 9.55 Å². The molecular weight excluding hydrogens is 250 g/mol. The topological polar surface area (TPSA) is 46.9 Å². The number of nitrogens with zero attached hydrogens (tertiary/aromatic N) is 2. The van der Waals surface area contributed by atoms with Crippen LogP contribution >= 0.6 is 0 Å². The molecule has 0 aliphatic rings. The first-order chi connectivity index (χ1) is 9.65. The number of hydrogen-bond donors (Lipinski definition) is 1. The third-order valence-electron chi connectivity index (χ3n) is 3.50. The molecule has 4 nitrogen and oxygen atoms in total. The van der Waals surface area contributed by atoms with E-state index in [1.54, 1.807) is 17.0 Å². The molecule has 2 aromatic rings. The maximum atomic E-state index is 12.1. The Balaban J connectivity index is 2.18. The molecule has 106 valence electrons. The van der Waals surface area contributed by atoms with Gasteiger partial charge < -0.3 is 9.88 Å². The van der Waals surface area contributed by atoms with Gasteiger partial charge in [0.1, 0.15) is 0 Å². The standard InChI is InChI=1S/C16H21N3O/c1-4-13-6-8-14(9-7-13)12(3)18-15-16(20)19(5-2)11-10-17-15/h6-12H,4-5H2,1-3H3,(H,17,18). The van der Waals surface area contributed by atoms with Gasteiger partial charge in [0.25, 0.3) is 5.56 Å². The normalized spacial score (nSPS) is 12.2. The van der Waals surface area contributed by atoms with Crippen LogP contribution in [0.1, 0.15) is 37.9 Å². The van der Waals surface area contributed by atoms with E-state index in [0.29, 0.717) is 12.4 Å². The molecule has 0 amide bonds. The van der Waals surface area contributed by atoms with Gasteiger partial charge in [-0.25, -0.2) is 4.98 Å². The van der Waals surface area contributed by atoms with E-state index in [2.05, 4.69) is 41.5 Å². The maximum Gasteiger partial charge on any atom is 0.293 e. The second-order valence-corrected chi connectivity index (χ2v) is 4.83. The monoisotopic (exact) mass is 271 g/mol. The Hall–Kier alpha value is -2.10. The van der Waals surface area contributed by atoms with Gasteiger partial charge in [-0.15, -0.1) is 0 Å². The van der Waals surface area contributed by atoms with Crippen molar-refractivity contribution in [2.24, 2.45) is 0 Å². The van der Waals surface area contributed by atoms with Gasteiger partial charge in [-0.1, -0.05) is 31.2 Å². The lowest BCUT2D eigenvalue weighted by molar-refractivity contribution is 0.714. The zero-order chi connectivity index (χ0) is 14.5. The second kappa shape index (κ2) is 6.37. The Labute approximate surface area is 119 Å². The Morgan fingerprint density at radius 3 is 2.55 bits per heavy atom. The largest absolute Gasteiger partial charge is 0.359 e. The zero-order valence-corrected chi connectivity index (χ0v) is 12.3. The average Bonchev–Trinajstić information content (AvgIpc) is 2.49. The smallest absolute Gasteiger partial charge is 0.293 e. The molecule has 0 radical (unpaired) electrons. The lowest BCUT2D eigenvalue weighted by Crippen LogP contribution is -2.24. The number of rotatable bonds is 5. The molecule has 2 rings (SSSR count). The van der Waals surface area contributed by atoms with Gasteiger partial charge in [-0.3, -0.25) is 4.79 Å². The summed E-state index contributed by atoms with van der Waals surface area (Å²) in [5.74, 6) is 0.404. The molecule has 1 heterocycles. The van der Waals surface area contributed by atoms with E-state index >= 15 is 0 Å². The highest BCUT2D eigenvalue weighted by Crippen LogP contribution is 2.16. The van der Waals surface area contributed by atoms with Crippen LogP contribution in [-0.4, -0.2) is 9.55 Å². The molecule has 20 heavy (non-hydrogen) atoms. The molecule has 4 heteroatoms. The minimum absolute atomic E-state index is 0.0498. The van der Waals surface area contributed by atoms with Crippen LogP contribution < -0.4 is 10.9 Å². The van der Waals surface area contributed by atoms with Crippen molar-refractivity contribution in [1.29, 1.82) is 0 Å². The Morgan fingerprint density at radius 2 is 1.95 bits per heavy atom. The SMILES string of the molecule is CCc1ccc(C(C)Nc2nccn(CC)c2=O)cc1.